The van der Waals surface area contributed by atoms with Gasteiger partial charge in [-0.3, -0.25) is 4.79 Å². The van der Waals surface area contributed by atoms with Gasteiger partial charge in [0.25, 0.3) is 0 Å². The van der Waals surface area contributed by atoms with E-state index in [2.05, 4.69) is 14.7 Å². The quantitative estimate of drug-likeness (QED) is 0.823. The van der Waals surface area contributed by atoms with E-state index in [9.17, 15) is 4.79 Å². The summed E-state index contributed by atoms with van der Waals surface area (Å²) in [6.45, 7) is 5.44. The van der Waals surface area contributed by atoms with E-state index in [0.29, 0.717) is 5.75 Å². The maximum atomic E-state index is 12.0. The van der Waals surface area contributed by atoms with Crippen LogP contribution in [0.15, 0.2) is 4.34 Å². The molecule has 7 heteroatoms. The van der Waals surface area contributed by atoms with Gasteiger partial charge in [-0.1, -0.05) is 11.8 Å². The first kappa shape index (κ1) is 12.8. The van der Waals surface area contributed by atoms with Gasteiger partial charge in [0.05, 0.1) is 5.75 Å². The molecule has 0 bridgehead atoms. The number of hydrogen-bond donors (Lipinski definition) is 1. The molecule has 1 aromatic heterocycles. The van der Waals surface area contributed by atoms with Crippen LogP contribution < -0.4 is 5.32 Å². The number of nitrogens with zero attached hydrogens (tertiary/aromatic N) is 3. The molecule has 1 N–H and O–H groups in total. The molecule has 0 spiro atoms. The lowest BCUT2D eigenvalue weighted by Crippen LogP contribution is -2.35. The minimum absolute atomic E-state index is 0.201. The van der Waals surface area contributed by atoms with Crippen molar-refractivity contribution in [1.82, 2.24) is 19.6 Å². The zero-order valence-electron chi connectivity index (χ0n) is 9.81. The number of hydrogen-bond acceptors (Lipinski definition) is 6. The third kappa shape index (κ3) is 3.93. The molecule has 94 valence electrons. The van der Waals surface area contributed by atoms with Crippen LogP contribution in [0.4, 0.5) is 0 Å². The molecule has 1 fully saturated rings. The highest BCUT2D eigenvalue weighted by Gasteiger charge is 2.15. The van der Waals surface area contributed by atoms with E-state index in [1.807, 2.05) is 11.8 Å². The molecule has 2 rings (SSSR count). The van der Waals surface area contributed by atoms with E-state index in [1.165, 1.54) is 23.3 Å². The molecule has 1 saturated heterocycles. The fourth-order valence-corrected chi connectivity index (χ4v) is 3.20. The lowest BCUT2D eigenvalue weighted by Gasteiger charge is -2.19. The van der Waals surface area contributed by atoms with Crippen LogP contribution in [-0.4, -0.2) is 52.1 Å². The Hall–Kier alpha value is -0.660. The molecule has 17 heavy (non-hydrogen) atoms. The summed E-state index contributed by atoms with van der Waals surface area (Å²) in [7, 11) is 0. The molecule has 0 atom stereocenters. The van der Waals surface area contributed by atoms with Crippen LogP contribution in [0.1, 0.15) is 12.2 Å². The van der Waals surface area contributed by atoms with E-state index in [4.69, 9.17) is 0 Å². The highest BCUT2D eigenvalue weighted by Crippen LogP contribution is 2.20. The second kappa shape index (κ2) is 6.32. The summed E-state index contributed by atoms with van der Waals surface area (Å²) in [5.74, 6) is 1.45. The van der Waals surface area contributed by atoms with Crippen molar-refractivity contribution in [2.24, 2.45) is 0 Å². The lowest BCUT2D eigenvalue weighted by atomic mass is 10.4. The Kier molecular flexibility index (Phi) is 4.75. The molecule has 2 heterocycles. The average Bonchev–Trinajstić information content (AvgIpc) is 2.58. The van der Waals surface area contributed by atoms with Gasteiger partial charge in [0.2, 0.25) is 5.91 Å². The number of amides is 1. The number of aromatic nitrogens is 2. The smallest absolute Gasteiger partial charge is 0.233 e. The molecule has 0 unspecified atom stereocenters. The van der Waals surface area contributed by atoms with Gasteiger partial charge in [0.1, 0.15) is 5.82 Å². The van der Waals surface area contributed by atoms with Gasteiger partial charge in [-0.15, -0.1) is 0 Å². The summed E-state index contributed by atoms with van der Waals surface area (Å²) in [6.07, 6.45) is 1.04. The van der Waals surface area contributed by atoms with Crippen molar-refractivity contribution < 1.29 is 4.79 Å². The fourth-order valence-electron chi connectivity index (χ4n) is 1.65. The number of nitrogens with one attached hydrogen (secondary N) is 1. The number of rotatable bonds is 3. The fraction of sp³-hybridized carbons (Fsp3) is 0.700. The van der Waals surface area contributed by atoms with Crippen molar-refractivity contribution in [2.45, 2.75) is 17.7 Å². The van der Waals surface area contributed by atoms with E-state index in [-0.39, 0.29) is 5.91 Å². The third-order valence-electron chi connectivity index (χ3n) is 2.52. The topological polar surface area (TPSA) is 58.1 Å². The maximum Gasteiger partial charge on any atom is 0.233 e. The van der Waals surface area contributed by atoms with Crippen molar-refractivity contribution in [1.29, 1.82) is 0 Å². The molecule has 0 aliphatic carbocycles. The molecule has 1 aromatic rings. The zero-order valence-corrected chi connectivity index (χ0v) is 11.4. The van der Waals surface area contributed by atoms with Crippen LogP contribution in [0.5, 0.6) is 0 Å². The summed E-state index contributed by atoms with van der Waals surface area (Å²) >= 11 is 2.84. The number of carbonyl (C=O) groups excluding carboxylic acids is 1. The van der Waals surface area contributed by atoms with Gasteiger partial charge in [-0.05, 0) is 31.4 Å². The summed E-state index contributed by atoms with van der Waals surface area (Å²) in [5, 5.41) is 3.29. The maximum absolute atomic E-state index is 12.0. The summed E-state index contributed by atoms with van der Waals surface area (Å²) in [4.78, 5) is 18.1. The Bertz CT molecular complexity index is 374. The van der Waals surface area contributed by atoms with Crippen molar-refractivity contribution in [2.75, 3.05) is 31.9 Å². The largest absolute Gasteiger partial charge is 0.341 e. The summed E-state index contributed by atoms with van der Waals surface area (Å²) in [6, 6.07) is 0. The lowest BCUT2D eigenvalue weighted by molar-refractivity contribution is -0.128. The second-order valence-electron chi connectivity index (χ2n) is 3.88. The Labute approximate surface area is 109 Å². The van der Waals surface area contributed by atoms with E-state index in [0.717, 1.165) is 42.8 Å². The molecule has 0 saturated carbocycles. The second-order valence-corrected chi connectivity index (χ2v) is 5.85. The van der Waals surface area contributed by atoms with Crippen molar-refractivity contribution in [3.8, 4) is 0 Å². The van der Waals surface area contributed by atoms with Crippen LogP contribution >= 0.6 is 23.3 Å². The molecule has 5 nitrogen and oxygen atoms in total. The van der Waals surface area contributed by atoms with Crippen LogP contribution in [0.3, 0.4) is 0 Å². The molecule has 1 aliphatic heterocycles. The molecule has 0 aromatic carbocycles. The molecular weight excluding hydrogens is 256 g/mol. The molecular formula is C10H16N4OS2. The first-order chi connectivity index (χ1) is 8.25. The van der Waals surface area contributed by atoms with Gasteiger partial charge in [0.15, 0.2) is 4.34 Å². The number of aryl methyl sites for hydroxylation is 1. The Balaban J connectivity index is 1.79. The zero-order chi connectivity index (χ0) is 12.1. The highest BCUT2D eigenvalue weighted by molar-refractivity contribution is 8.01. The van der Waals surface area contributed by atoms with E-state index >= 15 is 0 Å². The van der Waals surface area contributed by atoms with Gasteiger partial charge >= 0.3 is 0 Å². The van der Waals surface area contributed by atoms with Gasteiger partial charge in [-0.2, -0.15) is 4.37 Å². The summed E-state index contributed by atoms with van der Waals surface area (Å²) < 4.78 is 4.98. The normalized spacial score (nSPS) is 16.9. The minimum atomic E-state index is 0.201. The van der Waals surface area contributed by atoms with Gasteiger partial charge in [-0.25, -0.2) is 4.98 Å². The van der Waals surface area contributed by atoms with Crippen LogP contribution in [-0.2, 0) is 4.79 Å². The molecule has 1 aliphatic rings. The monoisotopic (exact) mass is 272 g/mol. The van der Waals surface area contributed by atoms with Crippen molar-refractivity contribution in [3.63, 3.8) is 0 Å². The predicted molar refractivity (Wildman–Crippen MR) is 69.4 cm³/mol. The average molecular weight is 272 g/mol. The Morgan fingerprint density at radius 2 is 2.41 bits per heavy atom. The molecule has 1 amide bonds. The predicted octanol–water partition coefficient (Wildman–Crippen LogP) is 0.761. The van der Waals surface area contributed by atoms with Gasteiger partial charge < -0.3 is 10.2 Å². The molecule has 0 radical (unpaired) electrons. The van der Waals surface area contributed by atoms with E-state index < -0.39 is 0 Å². The van der Waals surface area contributed by atoms with Crippen LogP contribution in [0, 0.1) is 6.92 Å². The number of carbonyl (C=O) groups is 1. The Morgan fingerprint density at radius 3 is 3.18 bits per heavy atom. The SMILES string of the molecule is Cc1nsc(SCC(=O)N2CCCNCC2)n1. The van der Waals surface area contributed by atoms with Crippen molar-refractivity contribution in [3.05, 3.63) is 5.82 Å². The van der Waals surface area contributed by atoms with Crippen LogP contribution in [0.25, 0.3) is 0 Å². The van der Waals surface area contributed by atoms with E-state index in [1.54, 1.807) is 0 Å². The highest BCUT2D eigenvalue weighted by atomic mass is 32.2. The Morgan fingerprint density at radius 1 is 1.53 bits per heavy atom. The summed E-state index contributed by atoms with van der Waals surface area (Å²) in [5.41, 5.74) is 0. The first-order valence-corrected chi connectivity index (χ1v) is 7.43. The van der Waals surface area contributed by atoms with Crippen molar-refractivity contribution >= 4 is 29.2 Å². The minimum Gasteiger partial charge on any atom is -0.341 e. The van der Waals surface area contributed by atoms with Crippen LogP contribution in [0.2, 0.25) is 0 Å². The standard InChI is InChI=1S/C10H16N4OS2/c1-8-12-10(17-13-8)16-7-9(15)14-5-2-3-11-4-6-14/h11H,2-7H2,1H3. The first-order valence-electron chi connectivity index (χ1n) is 5.67. The number of thioether (sulfide) groups is 1. The third-order valence-corrected chi connectivity index (χ3v) is 4.43. The van der Waals surface area contributed by atoms with Gasteiger partial charge in [0, 0.05) is 19.6 Å².